The number of carbonyl (C=O) groups excluding carboxylic acids is 1. The molecule has 1 aliphatic rings. The minimum atomic E-state index is -1.38. The molecule has 2 aromatic rings. The quantitative estimate of drug-likeness (QED) is 0.652. The summed E-state index contributed by atoms with van der Waals surface area (Å²) in [7, 11) is 1.20. The fourth-order valence-electron chi connectivity index (χ4n) is 2.53. The highest BCUT2D eigenvalue weighted by Crippen LogP contribution is 2.40. The van der Waals surface area contributed by atoms with Gasteiger partial charge in [-0.2, -0.15) is 0 Å². The summed E-state index contributed by atoms with van der Waals surface area (Å²) in [6.45, 7) is 1.57. The maximum absolute atomic E-state index is 13.8. The van der Waals surface area contributed by atoms with Gasteiger partial charge in [-0.05, 0) is 24.6 Å². The van der Waals surface area contributed by atoms with Crippen molar-refractivity contribution >= 4 is 34.7 Å². The van der Waals surface area contributed by atoms with E-state index < -0.39 is 23.1 Å². The molecular weight excluding hydrogens is 372 g/mol. The van der Waals surface area contributed by atoms with Crippen LogP contribution in [0.1, 0.15) is 17.5 Å². The van der Waals surface area contributed by atoms with Crippen LogP contribution in [0, 0.1) is 11.6 Å². The fraction of sp³-hybridized carbons (Fsp3) is 0.188. The molecule has 1 aliphatic heterocycles. The second kappa shape index (κ2) is 6.53. The van der Waals surface area contributed by atoms with Gasteiger partial charge in [0.2, 0.25) is 0 Å². The van der Waals surface area contributed by atoms with Gasteiger partial charge in [-0.3, -0.25) is 0 Å². The molecule has 0 spiro atoms. The molecule has 0 fully saturated rings. The standard InChI is InChI=1S/C16H12ClF2N3O2S/c1-16(8-3-4-9(18)10(19)7-8)11(15(23)24-2)12(17)21-13(22-16)14-20-5-6-25-14/h3-7H,1-2H3,(H,21,22). The molecule has 130 valence electrons. The van der Waals surface area contributed by atoms with Crippen molar-refractivity contribution in [2.45, 2.75) is 12.5 Å². The fourth-order valence-corrected chi connectivity index (χ4v) is 3.46. The molecule has 0 aliphatic carbocycles. The van der Waals surface area contributed by atoms with Gasteiger partial charge >= 0.3 is 5.97 Å². The van der Waals surface area contributed by atoms with Crippen LogP contribution < -0.4 is 5.32 Å². The summed E-state index contributed by atoms with van der Waals surface area (Å²) in [4.78, 5) is 20.9. The van der Waals surface area contributed by atoms with Crippen LogP contribution in [-0.2, 0) is 15.1 Å². The van der Waals surface area contributed by atoms with E-state index in [1.54, 1.807) is 18.5 Å². The van der Waals surface area contributed by atoms with Crippen molar-refractivity contribution < 1.29 is 18.3 Å². The third kappa shape index (κ3) is 3.03. The Morgan fingerprint density at radius 3 is 2.72 bits per heavy atom. The number of amidine groups is 1. The topological polar surface area (TPSA) is 63.6 Å². The molecule has 0 bridgehead atoms. The van der Waals surface area contributed by atoms with E-state index in [0.717, 1.165) is 12.1 Å². The van der Waals surface area contributed by atoms with Crippen LogP contribution in [0.15, 0.2) is 45.5 Å². The number of ether oxygens (including phenoxy) is 1. The molecule has 9 heteroatoms. The molecule has 1 N–H and O–H groups in total. The van der Waals surface area contributed by atoms with Gasteiger partial charge in [0, 0.05) is 11.6 Å². The molecule has 3 rings (SSSR count). The van der Waals surface area contributed by atoms with Crippen molar-refractivity contribution in [2.75, 3.05) is 7.11 Å². The Balaban J connectivity index is 2.22. The predicted octanol–water partition coefficient (Wildman–Crippen LogP) is 3.31. The van der Waals surface area contributed by atoms with Crippen LogP contribution in [-0.4, -0.2) is 23.9 Å². The maximum atomic E-state index is 13.8. The molecule has 0 saturated heterocycles. The average molecular weight is 384 g/mol. The molecule has 0 saturated carbocycles. The van der Waals surface area contributed by atoms with Gasteiger partial charge < -0.3 is 10.1 Å². The molecule has 25 heavy (non-hydrogen) atoms. The number of nitrogens with one attached hydrogen (secondary N) is 1. The van der Waals surface area contributed by atoms with Gasteiger partial charge in [0.15, 0.2) is 22.5 Å². The van der Waals surface area contributed by atoms with E-state index in [4.69, 9.17) is 16.3 Å². The van der Waals surface area contributed by atoms with E-state index in [1.165, 1.54) is 24.5 Å². The van der Waals surface area contributed by atoms with Gasteiger partial charge in [0.25, 0.3) is 0 Å². The summed E-state index contributed by atoms with van der Waals surface area (Å²) in [6, 6.07) is 3.30. The van der Waals surface area contributed by atoms with E-state index in [0.29, 0.717) is 10.8 Å². The molecule has 0 radical (unpaired) electrons. The number of hydrogen-bond donors (Lipinski definition) is 1. The number of esters is 1. The number of hydrogen-bond acceptors (Lipinski definition) is 6. The lowest BCUT2D eigenvalue weighted by atomic mass is 9.84. The first-order chi connectivity index (χ1) is 11.9. The first kappa shape index (κ1) is 17.5. The van der Waals surface area contributed by atoms with E-state index >= 15 is 0 Å². The van der Waals surface area contributed by atoms with E-state index in [9.17, 15) is 13.6 Å². The lowest BCUT2D eigenvalue weighted by Gasteiger charge is -2.33. The van der Waals surface area contributed by atoms with Crippen molar-refractivity contribution in [3.05, 3.63) is 62.7 Å². The number of halogens is 3. The smallest absolute Gasteiger partial charge is 0.339 e. The van der Waals surface area contributed by atoms with Crippen molar-refractivity contribution in [2.24, 2.45) is 4.99 Å². The Morgan fingerprint density at radius 1 is 1.36 bits per heavy atom. The summed E-state index contributed by atoms with van der Waals surface area (Å²) in [5, 5.41) is 5.08. The highest BCUT2D eigenvalue weighted by Gasteiger charge is 2.42. The summed E-state index contributed by atoms with van der Waals surface area (Å²) < 4.78 is 31.9. The predicted molar refractivity (Wildman–Crippen MR) is 90.4 cm³/mol. The molecule has 1 aromatic carbocycles. The van der Waals surface area contributed by atoms with Gasteiger partial charge in [-0.15, -0.1) is 11.3 Å². The number of benzene rings is 1. The van der Waals surface area contributed by atoms with Crippen molar-refractivity contribution in [1.82, 2.24) is 10.3 Å². The zero-order valence-corrected chi connectivity index (χ0v) is 14.7. The van der Waals surface area contributed by atoms with E-state index in [-0.39, 0.29) is 16.3 Å². The zero-order chi connectivity index (χ0) is 18.2. The summed E-state index contributed by atoms with van der Waals surface area (Å²) in [6.07, 6.45) is 1.59. The Bertz CT molecular complexity index is 899. The van der Waals surface area contributed by atoms with Crippen molar-refractivity contribution in [1.29, 1.82) is 0 Å². The average Bonchev–Trinajstić information content (AvgIpc) is 3.11. The third-order valence-electron chi connectivity index (χ3n) is 3.78. The van der Waals surface area contributed by atoms with E-state index in [2.05, 4.69) is 15.3 Å². The summed E-state index contributed by atoms with van der Waals surface area (Å²) in [5.74, 6) is -2.46. The Labute approximate surface area is 151 Å². The lowest BCUT2D eigenvalue weighted by molar-refractivity contribution is -0.136. The highest BCUT2D eigenvalue weighted by atomic mass is 35.5. The molecule has 5 nitrogen and oxygen atoms in total. The largest absolute Gasteiger partial charge is 0.465 e. The van der Waals surface area contributed by atoms with E-state index in [1.807, 2.05) is 0 Å². The number of nitrogens with zero attached hydrogens (tertiary/aromatic N) is 2. The molecule has 2 heterocycles. The van der Waals surface area contributed by atoms with Crippen LogP contribution in [0.2, 0.25) is 0 Å². The summed E-state index contributed by atoms with van der Waals surface area (Å²) >= 11 is 7.58. The molecule has 0 amide bonds. The van der Waals surface area contributed by atoms with Crippen LogP contribution in [0.5, 0.6) is 0 Å². The van der Waals surface area contributed by atoms with Gasteiger partial charge in [0.1, 0.15) is 16.3 Å². The minimum absolute atomic E-state index is 0.0111. The molecule has 1 aromatic heterocycles. The van der Waals surface area contributed by atoms with Crippen LogP contribution in [0.25, 0.3) is 0 Å². The molecule has 1 unspecified atom stereocenters. The Morgan fingerprint density at radius 2 is 2.12 bits per heavy atom. The monoisotopic (exact) mass is 383 g/mol. The van der Waals surface area contributed by atoms with Crippen molar-refractivity contribution in [3.8, 4) is 0 Å². The summed E-state index contributed by atoms with van der Waals surface area (Å²) in [5.41, 5.74) is -1.14. The molecule has 1 atom stereocenters. The number of carbonyl (C=O) groups is 1. The highest BCUT2D eigenvalue weighted by molar-refractivity contribution is 7.11. The van der Waals surface area contributed by atoms with Gasteiger partial charge in [-0.25, -0.2) is 23.6 Å². The maximum Gasteiger partial charge on any atom is 0.339 e. The second-order valence-electron chi connectivity index (χ2n) is 5.30. The van der Waals surface area contributed by atoms with Gasteiger partial charge in [0.05, 0.1) is 7.11 Å². The number of aliphatic imine (C=N–C) groups is 1. The number of thiazole rings is 1. The number of aromatic nitrogens is 1. The molecular formula is C16H12ClF2N3O2S. The zero-order valence-electron chi connectivity index (χ0n) is 13.1. The normalized spacial score (nSPS) is 20.1. The minimum Gasteiger partial charge on any atom is -0.465 e. The Kier molecular flexibility index (Phi) is 4.57. The van der Waals surface area contributed by atoms with Crippen LogP contribution >= 0.6 is 22.9 Å². The Hall–Kier alpha value is -2.32. The first-order valence-corrected chi connectivity index (χ1v) is 8.33. The third-order valence-corrected chi connectivity index (χ3v) is 4.84. The van der Waals surface area contributed by atoms with Gasteiger partial charge in [-0.1, -0.05) is 17.7 Å². The van der Waals surface area contributed by atoms with Crippen molar-refractivity contribution in [3.63, 3.8) is 0 Å². The first-order valence-electron chi connectivity index (χ1n) is 7.07. The second-order valence-corrected chi connectivity index (χ2v) is 6.58. The van der Waals surface area contributed by atoms with Crippen LogP contribution in [0.4, 0.5) is 8.78 Å². The van der Waals surface area contributed by atoms with Crippen LogP contribution in [0.3, 0.4) is 0 Å². The SMILES string of the molecule is COC(=O)C1=C(Cl)NC(c2nccs2)=NC1(C)c1ccc(F)c(F)c1. The number of methoxy groups -OCH3 is 1. The lowest BCUT2D eigenvalue weighted by Crippen LogP contribution is -2.40. The number of rotatable bonds is 3.